The molecule has 0 spiro atoms. The molecule has 1 aliphatic carbocycles. The lowest BCUT2D eigenvalue weighted by Gasteiger charge is -2.30. The fourth-order valence-corrected chi connectivity index (χ4v) is 2.74. The van der Waals surface area contributed by atoms with Gasteiger partial charge in [0, 0.05) is 34.8 Å². The number of hydrogen-bond acceptors (Lipinski definition) is 2. The molecule has 1 aromatic carbocycles. The van der Waals surface area contributed by atoms with E-state index < -0.39 is 10.8 Å². The van der Waals surface area contributed by atoms with Gasteiger partial charge in [0.1, 0.15) is 0 Å². The zero-order chi connectivity index (χ0) is 12.3. The molecule has 3 heteroatoms. The molecule has 1 aromatic rings. The molecule has 3 atom stereocenters. The lowest BCUT2D eigenvalue weighted by Crippen LogP contribution is -2.31. The van der Waals surface area contributed by atoms with E-state index in [1.54, 1.807) is 6.26 Å². The molecule has 94 valence electrons. The summed E-state index contributed by atoms with van der Waals surface area (Å²) >= 11 is 0. The minimum Gasteiger partial charge on any atom is -0.316 e. The van der Waals surface area contributed by atoms with Crippen LogP contribution in [0.5, 0.6) is 0 Å². The molecule has 0 fully saturated rings. The Hall–Kier alpha value is -0.670. The Balaban J connectivity index is 1.67. The summed E-state index contributed by atoms with van der Waals surface area (Å²) in [7, 11) is -0.689. The second kappa shape index (κ2) is 5.78. The Morgan fingerprint density at radius 2 is 2.24 bits per heavy atom. The third-order valence-corrected chi connectivity index (χ3v) is 5.02. The minimum absolute atomic E-state index is 0.302. The summed E-state index contributed by atoms with van der Waals surface area (Å²) in [5.74, 6) is 0.689. The summed E-state index contributed by atoms with van der Waals surface area (Å²) in [4.78, 5) is 0. The molecule has 3 unspecified atom stereocenters. The van der Waals surface area contributed by atoms with Crippen molar-refractivity contribution in [2.75, 3.05) is 19.3 Å². The lowest BCUT2D eigenvalue weighted by atomic mass is 9.77. The van der Waals surface area contributed by atoms with E-state index in [0.29, 0.717) is 11.2 Å². The SMILES string of the molecule is CC(CCNCC1Cc2ccccc21)S(C)=O. The predicted molar refractivity (Wildman–Crippen MR) is 73.9 cm³/mol. The maximum absolute atomic E-state index is 11.2. The maximum atomic E-state index is 11.2. The highest BCUT2D eigenvalue weighted by Gasteiger charge is 2.24. The van der Waals surface area contributed by atoms with E-state index in [2.05, 4.69) is 36.5 Å². The Morgan fingerprint density at radius 3 is 2.94 bits per heavy atom. The van der Waals surface area contributed by atoms with E-state index in [-0.39, 0.29) is 0 Å². The Morgan fingerprint density at radius 1 is 1.47 bits per heavy atom. The average molecular weight is 251 g/mol. The van der Waals surface area contributed by atoms with Crippen LogP contribution in [0.1, 0.15) is 30.4 Å². The van der Waals surface area contributed by atoms with Crippen LogP contribution in [0.15, 0.2) is 24.3 Å². The van der Waals surface area contributed by atoms with Gasteiger partial charge >= 0.3 is 0 Å². The molecule has 0 radical (unpaired) electrons. The van der Waals surface area contributed by atoms with Gasteiger partial charge < -0.3 is 5.32 Å². The monoisotopic (exact) mass is 251 g/mol. The van der Waals surface area contributed by atoms with Crippen LogP contribution in [0.4, 0.5) is 0 Å². The molecule has 2 nitrogen and oxygen atoms in total. The van der Waals surface area contributed by atoms with Gasteiger partial charge in [0.2, 0.25) is 0 Å². The largest absolute Gasteiger partial charge is 0.316 e. The summed E-state index contributed by atoms with van der Waals surface area (Å²) in [5, 5.41) is 3.78. The van der Waals surface area contributed by atoms with Gasteiger partial charge in [-0.05, 0) is 30.5 Å². The van der Waals surface area contributed by atoms with Crippen molar-refractivity contribution in [1.29, 1.82) is 0 Å². The molecule has 2 rings (SSSR count). The van der Waals surface area contributed by atoms with Gasteiger partial charge in [-0.15, -0.1) is 0 Å². The lowest BCUT2D eigenvalue weighted by molar-refractivity contribution is 0.527. The molecule has 0 saturated heterocycles. The summed E-state index contributed by atoms with van der Waals surface area (Å²) < 4.78 is 11.2. The standard InChI is InChI=1S/C14H21NOS/c1-11(17(2)16)7-8-15-10-13-9-12-5-3-4-6-14(12)13/h3-6,11,13,15H,7-10H2,1-2H3. The molecule has 0 saturated carbocycles. The van der Waals surface area contributed by atoms with Gasteiger partial charge in [0.15, 0.2) is 0 Å². The van der Waals surface area contributed by atoms with Crippen LogP contribution in [-0.2, 0) is 17.2 Å². The van der Waals surface area contributed by atoms with Crippen molar-refractivity contribution >= 4 is 10.8 Å². The van der Waals surface area contributed by atoms with E-state index in [0.717, 1.165) is 19.5 Å². The number of fused-ring (bicyclic) bond motifs is 1. The van der Waals surface area contributed by atoms with Crippen LogP contribution < -0.4 is 5.32 Å². The molecule has 0 amide bonds. The highest BCUT2D eigenvalue weighted by atomic mass is 32.2. The van der Waals surface area contributed by atoms with E-state index >= 15 is 0 Å². The topological polar surface area (TPSA) is 29.1 Å². The van der Waals surface area contributed by atoms with Crippen LogP contribution in [0.3, 0.4) is 0 Å². The van der Waals surface area contributed by atoms with E-state index in [4.69, 9.17) is 0 Å². The van der Waals surface area contributed by atoms with Gasteiger partial charge in [-0.25, -0.2) is 0 Å². The van der Waals surface area contributed by atoms with Gasteiger partial charge in [0.05, 0.1) is 0 Å². The fourth-order valence-electron chi connectivity index (χ4n) is 2.29. The smallest absolute Gasteiger partial charge is 0.0329 e. The Bertz CT molecular complexity index is 405. The summed E-state index contributed by atoms with van der Waals surface area (Å²) in [6, 6.07) is 8.68. The van der Waals surface area contributed by atoms with Crippen LogP contribution in [-0.4, -0.2) is 28.8 Å². The first kappa shape index (κ1) is 12.8. The highest BCUT2D eigenvalue weighted by Crippen LogP contribution is 2.33. The third-order valence-electron chi connectivity index (χ3n) is 3.65. The van der Waals surface area contributed by atoms with Crippen LogP contribution in [0, 0.1) is 0 Å². The fraction of sp³-hybridized carbons (Fsp3) is 0.571. The number of rotatable bonds is 6. The van der Waals surface area contributed by atoms with Crippen LogP contribution in [0.2, 0.25) is 0 Å². The van der Waals surface area contributed by atoms with Gasteiger partial charge in [-0.1, -0.05) is 31.2 Å². The average Bonchev–Trinajstić information content (AvgIpc) is 2.29. The minimum atomic E-state index is -0.689. The van der Waals surface area contributed by atoms with Gasteiger partial charge in [-0.2, -0.15) is 0 Å². The van der Waals surface area contributed by atoms with E-state index in [1.165, 1.54) is 17.5 Å². The van der Waals surface area contributed by atoms with E-state index in [1.807, 2.05) is 0 Å². The first-order valence-electron chi connectivity index (χ1n) is 6.29. The molecule has 0 aliphatic heterocycles. The van der Waals surface area contributed by atoms with Crippen molar-refractivity contribution in [2.24, 2.45) is 0 Å². The normalized spacial score (nSPS) is 21.4. The quantitative estimate of drug-likeness (QED) is 0.784. The predicted octanol–water partition coefficient (Wildman–Crippen LogP) is 2.07. The molecular weight excluding hydrogens is 230 g/mol. The maximum Gasteiger partial charge on any atom is 0.0329 e. The van der Waals surface area contributed by atoms with Crippen molar-refractivity contribution in [1.82, 2.24) is 5.32 Å². The van der Waals surface area contributed by atoms with Crippen molar-refractivity contribution in [3.05, 3.63) is 35.4 Å². The van der Waals surface area contributed by atoms with Crippen LogP contribution in [0.25, 0.3) is 0 Å². The van der Waals surface area contributed by atoms with Crippen molar-refractivity contribution in [3.8, 4) is 0 Å². The third kappa shape index (κ3) is 3.17. The van der Waals surface area contributed by atoms with Crippen molar-refractivity contribution in [2.45, 2.75) is 30.9 Å². The molecule has 0 bridgehead atoms. The number of nitrogens with one attached hydrogen (secondary N) is 1. The molecule has 17 heavy (non-hydrogen) atoms. The van der Waals surface area contributed by atoms with Crippen molar-refractivity contribution < 1.29 is 4.21 Å². The first-order valence-corrected chi connectivity index (χ1v) is 7.91. The molecule has 0 heterocycles. The second-order valence-corrected chi connectivity index (χ2v) is 6.70. The molecule has 1 N–H and O–H groups in total. The summed E-state index contributed by atoms with van der Waals surface area (Å²) in [5.41, 5.74) is 3.01. The van der Waals surface area contributed by atoms with Crippen LogP contribution >= 0.6 is 0 Å². The Labute approximate surface area is 106 Å². The number of benzene rings is 1. The summed E-state index contributed by atoms with van der Waals surface area (Å²) in [6.45, 7) is 4.08. The van der Waals surface area contributed by atoms with Crippen molar-refractivity contribution in [3.63, 3.8) is 0 Å². The van der Waals surface area contributed by atoms with Gasteiger partial charge in [-0.3, -0.25) is 4.21 Å². The number of hydrogen-bond donors (Lipinski definition) is 1. The molecular formula is C14H21NOS. The summed E-state index contributed by atoms with van der Waals surface area (Å²) in [6.07, 6.45) is 3.99. The molecule has 0 aromatic heterocycles. The zero-order valence-corrected chi connectivity index (χ0v) is 11.4. The zero-order valence-electron chi connectivity index (χ0n) is 10.6. The second-order valence-electron chi connectivity index (χ2n) is 4.90. The van der Waals surface area contributed by atoms with E-state index in [9.17, 15) is 4.21 Å². The molecule has 1 aliphatic rings. The Kier molecular flexibility index (Phi) is 4.35. The highest BCUT2D eigenvalue weighted by molar-refractivity contribution is 7.84. The first-order chi connectivity index (χ1) is 8.18. The van der Waals surface area contributed by atoms with Gasteiger partial charge in [0.25, 0.3) is 0 Å².